The molecule has 2 aromatic rings. The van der Waals surface area contributed by atoms with Gasteiger partial charge in [0.15, 0.2) is 4.96 Å². The van der Waals surface area contributed by atoms with Gasteiger partial charge in [0.25, 0.3) is 5.91 Å². The lowest BCUT2D eigenvalue weighted by atomic mass is 10.3. The molecule has 0 spiro atoms. The second-order valence-corrected chi connectivity index (χ2v) is 4.62. The van der Waals surface area contributed by atoms with Gasteiger partial charge in [0.1, 0.15) is 5.69 Å². The normalized spacial score (nSPS) is 12.1. The molecular weight excluding hydrogens is 236 g/mol. The Balaban J connectivity index is 2.30. The number of rotatable bonds is 3. The van der Waals surface area contributed by atoms with E-state index in [1.807, 2.05) is 32.3 Å². The van der Waals surface area contributed by atoms with E-state index in [0.29, 0.717) is 5.69 Å². The Bertz CT molecular complexity index is 581. The van der Waals surface area contributed by atoms with Gasteiger partial charge < -0.3 is 0 Å². The van der Waals surface area contributed by atoms with E-state index in [1.165, 1.54) is 11.3 Å². The summed E-state index contributed by atoms with van der Waals surface area (Å²) in [5.74, 6) is -0.221. The molecule has 1 amide bonds. The van der Waals surface area contributed by atoms with Crippen LogP contribution in [0.25, 0.3) is 4.96 Å². The molecule has 0 radical (unpaired) electrons. The third-order valence-corrected chi connectivity index (χ3v) is 3.27. The van der Waals surface area contributed by atoms with Gasteiger partial charge in [-0.15, -0.1) is 11.3 Å². The molecule has 0 saturated heterocycles. The number of hydrazone groups is 1. The predicted molar refractivity (Wildman–Crippen MR) is 68.7 cm³/mol. The maximum absolute atomic E-state index is 12.0. The lowest BCUT2D eigenvalue weighted by molar-refractivity contribution is 0.0948. The summed E-state index contributed by atoms with van der Waals surface area (Å²) < 4.78 is 1.78. The zero-order valence-corrected chi connectivity index (χ0v) is 10.8. The van der Waals surface area contributed by atoms with Crippen LogP contribution >= 0.6 is 11.3 Å². The topological polar surface area (TPSA) is 58.8 Å². The molecule has 0 aromatic carbocycles. The van der Waals surface area contributed by atoms with Crippen molar-refractivity contribution in [3.8, 4) is 0 Å². The van der Waals surface area contributed by atoms with Crippen molar-refractivity contribution in [3.05, 3.63) is 23.0 Å². The summed E-state index contributed by atoms with van der Waals surface area (Å²) in [6, 6.07) is 0. The first kappa shape index (κ1) is 11.8. The van der Waals surface area contributed by atoms with Gasteiger partial charge in [-0.2, -0.15) is 5.10 Å². The molecular formula is C11H14N4OS. The van der Waals surface area contributed by atoms with Crippen molar-refractivity contribution in [1.29, 1.82) is 0 Å². The smallest absolute Gasteiger partial charge is 0.286 e. The number of fused-ring (bicyclic) bond motifs is 1. The average Bonchev–Trinajstić information content (AvgIpc) is 2.84. The number of nitrogens with one attached hydrogen (secondary N) is 1. The quantitative estimate of drug-likeness (QED) is 0.670. The molecule has 0 aliphatic carbocycles. The first-order valence-corrected chi connectivity index (χ1v) is 6.27. The zero-order chi connectivity index (χ0) is 12.4. The van der Waals surface area contributed by atoms with E-state index in [2.05, 4.69) is 15.5 Å². The molecule has 90 valence electrons. The lowest BCUT2D eigenvalue weighted by Gasteiger charge is -2.01. The monoisotopic (exact) mass is 250 g/mol. The van der Waals surface area contributed by atoms with E-state index in [-0.39, 0.29) is 5.91 Å². The number of nitrogens with zero attached hydrogens (tertiary/aromatic N) is 3. The highest BCUT2D eigenvalue weighted by Gasteiger charge is 2.16. The Labute approximate surface area is 103 Å². The third-order valence-electron chi connectivity index (χ3n) is 2.51. The number of imidazole rings is 1. The summed E-state index contributed by atoms with van der Waals surface area (Å²) in [5, 5.41) is 5.91. The first-order valence-electron chi connectivity index (χ1n) is 5.39. The third kappa shape index (κ3) is 2.21. The lowest BCUT2D eigenvalue weighted by Crippen LogP contribution is -2.21. The number of amides is 1. The second-order valence-electron chi connectivity index (χ2n) is 3.74. The Morgan fingerprint density at radius 2 is 2.41 bits per heavy atom. The molecule has 2 aromatic heterocycles. The van der Waals surface area contributed by atoms with Gasteiger partial charge >= 0.3 is 0 Å². The molecule has 0 fully saturated rings. The van der Waals surface area contributed by atoms with Gasteiger partial charge in [-0.3, -0.25) is 9.20 Å². The largest absolute Gasteiger partial charge is 0.290 e. The number of carbonyl (C=O) groups is 1. The van der Waals surface area contributed by atoms with Crippen LogP contribution in [0.2, 0.25) is 0 Å². The van der Waals surface area contributed by atoms with E-state index in [0.717, 1.165) is 22.8 Å². The number of aromatic nitrogens is 2. The minimum absolute atomic E-state index is 0.221. The summed E-state index contributed by atoms with van der Waals surface area (Å²) in [7, 11) is 0. The van der Waals surface area contributed by atoms with Crippen molar-refractivity contribution in [1.82, 2.24) is 14.8 Å². The van der Waals surface area contributed by atoms with Crippen molar-refractivity contribution < 1.29 is 4.79 Å². The van der Waals surface area contributed by atoms with E-state index >= 15 is 0 Å². The van der Waals surface area contributed by atoms with Crippen LogP contribution < -0.4 is 5.43 Å². The van der Waals surface area contributed by atoms with Crippen LogP contribution in [0.5, 0.6) is 0 Å². The van der Waals surface area contributed by atoms with Crippen LogP contribution in [-0.2, 0) is 0 Å². The Hall–Kier alpha value is -1.69. The molecule has 2 heterocycles. The van der Waals surface area contributed by atoms with Crippen molar-refractivity contribution in [2.24, 2.45) is 5.10 Å². The van der Waals surface area contributed by atoms with Crippen molar-refractivity contribution >= 4 is 27.9 Å². The van der Waals surface area contributed by atoms with Crippen LogP contribution in [0.3, 0.4) is 0 Å². The van der Waals surface area contributed by atoms with Crippen molar-refractivity contribution in [3.63, 3.8) is 0 Å². The highest BCUT2D eigenvalue weighted by atomic mass is 32.1. The summed E-state index contributed by atoms with van der Waals surface area (Å²) in [6.07, 6.45) is 2.66. The second kappa shape index (κ2) is 4.67. The van der Waals surface area contributed by atoms with Gasteiger partial charge in [-0.1, -0.05) is 6.92 Å². The van der Waals surface area contributed by atoms with Crippen molar-refractivity contribution in [2.45, 2.75) is 27.2 Å². The highest BCUT2D eigenvalue weighted by molar-refractivity contribution is 7.15. The molecule has 0 unspecified atom stereocenters. The first-order chi connectivity index (χ1) is 8.13. The molecule has 0 atom stereocenters. The molecule has 2 rings (SSSR count). The number of hydrogen-bond donors (Lipinski definition) is 1. The molecule has 1 N–H and O–H groups in total. The number of hydrogen-bond acceptors (Lipinski definition) is 4. The van der Waals surface area contributed by atoms with Gasteiger partial charge in [-0.25, -0.2) is 10.4 Å². The number of thiazole rings is 1. The van der Waals surface area contributed by atoms with Crippen LogP contribution in [-0.4, -0.2) is 21.0 Å². The summed E-state index contributed by atoms with van der Waals surface area (Å²) in [5.41, 5.74) is 4.71. The maximum Gasteiger partial charge on any atom is 0.290 e. The number of carbonyl (C=O) groups excluding carboxylic acids is 1. The van der Waals surface area contributed by atoms with Crippen LogP contribution in [0.4, 0.5) is 0 Å². The molecule has 6 heteroatoms. The summed E-state index contributed by atoms with van der Waals surface area (Å²) in [6.45, 7) is 5.70. The van der Waals surface area contributed by atoms with Gasteiger partial charge in [-0.05, 0) is 20.3 Å². The van der Waals surface area contributed by atoms with Gasteiger partial charge in [0.2, 0.25) is 0 Å². The fourth-order valence-corrected chi connectivity index (χ4v) is 2.21. The SMILES string of the molecule is CC/C(C)=N\NC(=O)c1c(C)nc2sccn12. The minimum Gasteiger partial charge on any atom is -0.286 e. The van der Waals surface area contributed by atoms with Crippen LogP contribution in [0.15, 0.2) is 16.7 Å². The van der Waals surface area contributed by atoms with Crippen LogP contribution in [0.1, 0.15) is 36.5 Å². The predicted octanol–water partition coefficient (Wildman–Crippen LogP) is 2.22. The highest BCUT2D eigenvalue weighted by Crippen LogP contribution is 2.16. The van der Waals surface area contributed by atoms with Crippen LogP contribution in [0, 0.1) is 6.92 Å². The minimum atomic E-state index is -0.221. The average molecular weight is 250 g/mol. The van der Waals surface area contributed by atoms with E-state index < -0.39 is 0 Å². The van der Waals surface area contributed by atoms with Gasteiger partial charge in [0.05, 0.1) is 5.69 Å². The molecule has 0 aliphatic heterocycles. The standard InChI is InChI=1S/C11H14N4OS/c1-4-7(2)13-14-10(16)9-8(3)12-11-15(9)5-6-17-11/h5-6H,4H2,1-3H3,(H,14,16)/b13-7-. The zero-order valence-electron chi connectivity index (χ0n) is 10.0. The number of aryl methyl sites for hydroxylation is 1. The van der Waals surface area contributed by atoms with E-state index in [4.69, 9.17) is 0 Å². The molecule has 5 nitrogen and oxygen atoms in total. The molecule has 0 aliphatic rings. The molecule has 17 heavy (non-hydrogen) atoms. The maximum atomic E-state index is 12.0. The molecule has 0 saturated carbocycles. The van der Waals surface area contributed by atoms with Gasteiger partial charge in [0, 0.05) is 17.3 Å². The van der Waals surface area contributed by atoms with E-state index in [9.17, 15) is 4.79 Å². The Kier molecular flexibility index (Phi) is 3.23. The summed E-state index contributed by atoms with van der Waals surface area (Å²) >= 11 is 1.50. The van der Waals surface area contributed by atoms with Crippen molar-refractivity contribution in [2.75, 3.05) is 0 Å². The fraction of sp³-hybridized carbons (Fsp3) is 0.364. The Morgan fingerprint density at radius 3 is 3.12 bits per heavy atom. The Morgan fingerprint density at radius 1 is 1.65 bits per heavy atom. The van der Waals surface area contributed by atoms with E-state index in [1.54, 1.807) is 4.40 Å². The summed E-state index contributed by atoms with van der Waals surface area (Å²) in [4.78, 5) is 17.1. The fourth-order valence-electron chi connectivity index (χ4n) is 1.45. The molecule has 0 bridgehead atoms.